The minimum Gasteiger partial charge on any atom is -0.423 e. The van der Waals surface area contributed by atoms with Gasteiger partial charge in [-0.15, -0.1) is 0 Å². The van der Waals surface area contributed by atoms with E-state index in [0.717, 1.165) is 22.5 Å². The van der Waals surface area contributed by atoms with Crippen LogP contribution in [0.4, 0.5) is 28.0 Å². The molecule has 2 amide bonds. The molecule has 0 spiro atoms. The third-order valence-corrected chi connectivity index (χ3v) is 5.50. The predicted octanol–water partition coefficient (Wildman–Crippen LogP) is 4.19. The first-order valence-electron chi connectivity index (χ1n) is 10.6. The summed E-state index contributed by atoms with van der Waals surface area (Å²) in [5, 5.41) is 15.1. The molecule has 164 valence electrons. The summed E-state index contributed by atoms with van der Waals surface area (Å²) >= 11 is 0. The van der Waals surface area contributed by atoms with E-state index >= 15 is 0 Å². The van der Waals surface area contributed by atoms with E-state index in [9.17, 15) is 4.79 Å². The zero-order chi connectivity index (χ0) is 22.6. The Hall–Kier alpha value is -4.58. The van der Waals surface area contributed by atoms with Crippen LogP contribution in [0.2, 0.25) is 0 Å². The number of urea groups is 1. The third kappa shape index (κ3) is 4.41. The Morgan fingerprint density at radius 2 is 1.79 bits per heavy atom. The maximum Gasteiger partial charge on any atom is 0.323 e. The number of oxazole rings is 1. The summed E-state index contributed by atoms with van der Waals surface area (Å²) in [5.74, 6) is 0.287. The molecule has 0 atom stereocenters. The van der Waals surface area contributed by atoms with Gasteiger partial charge in [0.2, 0.25) is 0 Å². The van der Waals surface area contributed by atoms with E-state index in [4.69, 9.17) is 9.68 Å². The van der Waals surface area contributed by atoms with Crippen molar-refractivity contribution in [1.82, 2.24) is 14.9 Å². The lowest BCUT2D eigenvalue weighted by Crippen LogP contribution is -2.50. The SMILES string of the molecule is N#Cc1cccnc1NC(=O)N1CCN(c2ccc(Nc3nc4ccccc4o3)cc2)CC1. The van der Waals surface area contributed by atoms with E-state index in [1.165, 1.54) is 0 Å². The number of carbonyl (C=O) groups is 1. The number of hydrogen-bond acceptors (Lipinski definition) is 7. The maximum absolute atomic E-state index is 12.6. The van der Waals surface area contributed by atoms with Gasteiger partial charge in [-0.3, -0.25) is 5.32 Å². The van der Waals surface area contributed by atoms with Gasteiger partial charge in [-0.25, -0.2) is 9.78 Å². The molecule has 9 heteroatoms. The third-order valence-electron chi connectivity index (χ3n) is 5.50. The Labute approximate surface area is 190 Å². The van der Waals surface area contributed by atoms with Gasteiger partial charge in [-0.05, 0) is 48.5 Å². The molecule has 1 aliphatic rings. The van der Waals surface area contributed by atoms with Gasteiger partial charge in [-0.2, -0.15) is 10.2 Å². The molecule has 5 rings (SSSR count). The van der Waals surface area contributed by atoms with E-state index in [1.54, 1.807) is 23.2 Å². The fourth-order valence-corrected chi connectivity index (χ4v) is 3.75. The summed E-state index contributed by atoms with van der Waals surface area (Å²) in [4.78, 5) is 25.1. The fraction of sp³-hybridized carbons (Fsp3) is 0.167. The Morgan fingerprint density at radius 3 is 2.55 bits per heavy atom. The van der Waals surface area contributed by atoms with Crippen LogP contribution in [0.25, 0.3) is 11.1 Å². The number of nitrogens with zero attached hydrogens (tertiary/aromatic N) is 5. The average Bonchev–Trinajstić information content (AvgIpc) is 3.27. The van der Waals surface area contributed by atoms with Crippen molar-refractivity contribution >= 4 is 40.3 Å². The van der Waals surface area contributed by atoms with Crippen molar-refractivity contribution in [2.45, 2.75) is 0 Å². The number of para-hydroxylation sites is 2. The normalized spacial score (nSPS) is 13.5. The van der Waals surface area contributed by atoms with Gasteiger partial charge in [0.1, 0.15) is 11.6 Å². The maximum atomic E-state index is 12.6. The summed E-state index contributed by atoms with van der Waals surface area (Å²) in [6.45, 7) is 2.56. The highest BCUT2D eigenvalue weighted by molar-refractivity contribution is 5.89. The minimum atomic E-state index is -0.247. The van der Waals surface area contributed by atoms with Crippen molar-refractivity contribution in [3.8, 4) is 6.07 Å². The van der Waals surface area contributed by atoms with E-state index in [-0.39, 0.29) is 11.8 Å². The molecule has 33 heavy (non-hydrogen) atoms. The number of nitrogens with one attached hydrogen (secondary N) is 2. The molecule has 0 saturated carbocycles. The van der Waals surface area contributed by atoms with Crippen LogP contribution in [0, 0.1) is 11.3 Å². The van der Waals surface area contributed by atoms with E-state index in [0.29, 0.717) is 37.8 Å². The molecule has 0 aliphatic carbocycles. The number of aromatic nitrogens is 2. The highest BCUT2D eigenvalue weighted by Gasteiger charge is 2.22. The number of fused-ring (bicyclic) bond motifs is 1. The molecule has 9 nitrogen and oxygen atoms in total. The van der Waals surface area contributed by atoms with Crippen molar-refractivity contribution < 1.29 is 9.21 Å². The summed E-state index contributed by atoms with van der Waals surface area (Å²) in [7, 11) is 0. The van der Waals surface area contributed by atoms with Gasteiger partial charge in [0.05, 0.1) is 5.56 Å². The standard InChI is InChI=1S/C24H21N7O2/c25-16-17-4-3-11-26-22(17)29-24(32)31-14-12-30(13-15-31)19-9-7-18(8-10-19)27-23-28-20-5-1-2-6-21(20)33-23/h1-11H,12-15H2,(H,27,28)(H,26,29,32). The molecule has 2 aromatic heterocycles. The van der Waals surface area contributed by atoms with E-state index < -0.39 is 0 Å². The molecular weight excluding hydrogens is 418 g/mol. The fourth-order valence-electron chi connectivity index (χ4n) is 3.75. The number of hydrogen-bond donors (Lipinski definition) is 2. The van der Waals surface area contributed by atoms with Gasteiger partial charge in [-0.1, -0.05) is 12.1 Å². The Kier molecular flexibility index (Phi) is 5.47. The summed E-state index contributed by atoms with van der Waals surface area (Å²) in [6.07, 6.45) is 1.55. The van der Waals surface area contributed by atoms with Crippen molar-refractivity contribution in [3.05, 3.63) is 72.4 Å². The molecule has 2 aromatic carbocycles. The molecular formula is C24H21N7O2. The number of pyridine rings is 1. The zero-order valence-electron chi connectivity index (χ0n) is 17.7. The molecule has 0 unspecified atom stereocenters. The van der Waals surface area contributed by atoms with Gasteiger partial charge in [0.15, 0.2) is 11.4 Å². The molecule has 1 saturated heterocycles. The number of rotatable bonds is 4. The van der Waals surface area contributed by atoms with Crippen LogP contribution in [-0.4, -0.2) is 47.1 Å². The summed E-state index contributed by atoms with van der Waals surface area (Å²) < 4.78 is 5.71. The molecule has 3 heterocycles. The quantitative estimate of drug-likeness (QED) is 0.490. The monoisotopic (exact) mass is 439 g/mol. The van der Waals surface area contributed by atoms with E-state index in [2.05, 4.69) is 25.5 Å². The number of carbonyl (C=O) groups excluding carboxylic acids is 1. The van der Waals surface area contributed by atoms with Crippen molar-refractivity contribution in [1.29, 1.82) is 5.26 Å². The van der Waals surface area contributed by atoms with Gasteiger partial charge >= 0.3 is 6.03 Å². The molecule has 1 fully saturated rings. The van der Waals surface area contributed by atoms with Gasteiger partial charge < -0.3 is 19.5 Å². The summed E-state index contributed by atoms with van der Waals surface area (Å²) in [5.41, 5.74) is 3.86. The van der Waals surface area contributed by atoms with Gasteiger partial charge in [0, 0.05) is 43.8 Å². The Morgan fingerprint density at radius 1 is 1.00 bits per heavy atom. The Balaban J connectivity index is 1.17. The molecule has 4 aromatic rings. The average molecular weight is 439 g/mol. The summed E-state index contributed by atoms with van der Waals surface area (Å²) in [6, 6.07) is 21.2. The van der Waals surface area contributed by atoms with Crippen LogP contribution >= 0.6 is 0 Å². The van der Waals surface area contributed by atoms with Gasteiger partial charge in [0.25, 0.3) is 6.01 Å². The van der Waals surface area contributed by atoms with Crippen LogP contribution < -0.4 is 15.5 Å². The lowest BCUT2D eigenvalue weighted by molar-refractivity contribution is 0.208. The highest BCUT2D eigenvalue weighted by atomic mass is 16.4. The lowest BCUT2D eigenvalue weighted by atomic mass is 10.2. The lowest BCUT2D eigenvalue weighted by Gasteiger charge is -2.36. The molecule has 0 bridgehead atoms. The molecule has 0 radical (unpaired) electrons. The largest absolute Gasteiger partial charge is 0.423 e. The van der Waals surface area contributed by atoms with Crippen molar-refractivity contribution in [2.24, 2.45) is 0 Å². The topological polar surface area (TPSA) is 110 Å². The van der Waals surface area contributed by atoms with Crippen molar-refractivity contribution in [2.75, 3.05) is 41.7 Å². The minimum absolute atomic E-state index is 0.247. The Bertz CT molecular complexity index is 1290. The first kappa shape index (κ1) is 20.3. The number of benzene rings is 2. The number of amides is 2. The first-order valence-corrected chi connectivity index (χ1v) is 10.6. The van der Waals surface area contributed by atoms with Crippen LogP contribution in [0.3, 0.4) is 0 Å². The second-order valence-electron chi connectivity index (χ2n) is 7.57. The van der Waals surface area contributed by atoms with Crippen LogP contribution in [0.5, 0.6) is 0 Å². The molecule has 2 N–H and O–H groups in total. The number of nitriles is 1. The van der Waals surface area contributed by atoms with Crippen LogP contribution in [-0.2, 0) is 0 Å². The van der Waals surface area contributed by atoms with Crippen LogP contribution in [0.1, 0.15) is 5.56 Å². The van der Waals surface area contributed by atoms with Crippen LogP contribution in [0.15, 0.2) is 71.3 Å². The first-order chi connectivity index (χ1) is 16.2. The zero-order valence-corrected chi connectivity index (χ0v) is 17.7. The molecule has 1 aliphatic heterocycles. The van der Waals surface area contributed by atoms with E-state index in [1.807, 2.05) is 54.6 Å². The second-order valence-corrected chi connectivity index (χ2v) is 7.57. The second kappa shape index (κ2) is 8.88. The smallest absolute Gasteiger partial charge is 0.323 e. The predicted molar refractivity (Wildman–Crippen MR) is 125 cm³/mol. The van der Waals surface area contributed by atoms with Crippen molar-refractivity contribution in [3.63, 3.8) is 0 Å². The number of piperazine rings is 1. The highest BCUT2D eigenvalue weighted by Crippen LogP contribution is 2.24. The number of anilines is 4.